The van der Waals surface area contributed by atoms with E-state index in [2.05, 4.69) is 4.18 Å². The molecule has 0 fully saturated rings. The number of carbonyl (C=O) groups excluding carboxylic acids is 1. The maximum absolute atomic E-state index is 11.9. The number of amides is 1. The third-order valence-corrected chi connectivity index (χ3v) is 2.55. The van der Waals surface area contributed by atoms with Gasteiger partial charge in [0.15, 0.2) is 12.0 Å². The van der Waals surface area contributed by atoms with Crippen LogP contribution in [0.2, 0.25) is 0 Å². The number of carbonyl (C=O) groups is 1. The van der Waals surface area contributed by atoms with Crippen molar-refractivity contribution in [3.05, 3.63) is 11.8 Å². The van der Waals surface area contributed by atoms with E-state index in [4.69, 9.17) is 4.74 Å². The Morgan fingerprint density at radius 2 is 2.00 bits per heavy atom. The lowest BCUT2D eigenvalue weighted by atomic mass is 10.2. The third-order valence-electron chi connectivity index (χ3n) is 2.06. The van der Waals surface area contributed by atoms with Gasteiger partial charge in [0.25, 0.3) is 0 Å². The molecule has 0 aromatic carbocycles. The zero-order valence-corrected chi connectivity index (χ0v) is 11.7. The molecule has 19 heavy (non-hydrogen) atoms. The Morgan fingerprint density at radius 1 is 1.37 bits per heavy atom. The summed E-state index contributed by atoms with van der Waals surface area (Å²) in [5.41, 5.74) is -5.02. The van der Waals surface area contributed by atoms with Gasteiger partial charge in [0, 0.05) is 19.5 Å². The van der Waals surface area contributed by atoms with E-state index in [1.807, 2.05) is 0 Å². The first-order chi connectivity index (χ1) is 8.57. The first-order valence-corrected chi connectivity index (χ1v) is 6.40. The lowest BCUT2D eigenvalue weighted by Crippen LogP contribution is -2.39. The fourth-order valence-corrected chi connectivity index (χ4v) is 1.67. The standard InChI is InChI=1S/C11H16F3NO3S/c1-10(2,3)17-9(16)15-6-4-8(5-7-15)18-19-11(12,13)14/h4H,5-7H2,1-3H3. The largest absolute Gasteiger partial charge is 0.479 e. The summed E-state index contributed by atoms with van der Waals surface area (Å²) in [6, 6.07) is 0. The average molecular weight is 299 g/mol. The Labute approximate surface area is 114 Å². The molecule has 0 atom stereocenters. The molecule has 0 spiro atoms. The molecule has 0 bridgehead atoms. The monoisotopic (exact) mass is 299 g/mol. The van der Waals surface area contributed by atoms with E-state index in [0.29, 0.717) is 0 Å². The fourth-order valence-electron chi connectivity index (χ4n) is 1.32. The lowest BCUT2D eigenvalue weighted by Gasteiger charge is -2.29. The van der Waals surface area contributed by atoms with Crippen molar-refractivity contribution in [2.24, 2.45) is 0 Å². The highest BCUT2D eigenvalue weighted by Crippen LogP contribution is 2.34. The van der Waals surface area contributed by atoms with Crippen LogP contribution >= 0.6 is 12.0 Å². The van der Waals surface area contributed by atoms with Gasteiger partial charge < -0.3 is 13.8 Å². The highest BCUT2D eigenvalue weighted by atomic mass is 32.2. The van der Waals surface area contributed by atoms with Crippen LogP contribution in [0, 0.1) is 0 Å². The second kappa shape index (κ2) is 5.94. The number of ether oxygens (including phenoxy) is 1. The average Bonchev–Trinajstić information content (AvgIpc) is 2.23. The Bertz CT molecular complexity index is 363. The minimum Gasteiger partial charge on any atom is -0.444 e. The summed E-state index contributed by atoms with van der Waals surface area (Å²) in [7, 11) is 0. The summed E-state index contributed by atoms with van der Waals surface area (Å²) in [5.74, 6) is 0.224. The normalized spacial score (nSPS) is 16.9. The molecular weight excluding hydrogens is 283 g/mol. The van der Waals surface area contributed by atoms with Crippen molar-refractivity contribution in [2.45, 2.75) is 38.3 Å². The van der Waals surface area contributed by atoms with Crippen LogP contribution in [0.5, 0.6) is 0 Å². The van der Waals surface area contributed by atoms with E-state index in [0.717, 1.165) is 0 Å². The molecule has 1 heterocycles. The predicted octanol–water partition coefficient (Wildman–Crippen LogP) is 3.70. The second-order valence-electron chi connectivity index (χ2n) is 4.96. The maximum Gasteiger partial charge on any atom is 0.479 e. The van der Waals surface area contributed by atoms with Gasteiger partial charge in [0.1, 0.15) is 11.4 Å². The molecule has 1 amide bonds. The molecule has 1 aliphatic rings. The van der Waals surface area contributed by atoms with Crippen LogP contribution in [-0.2, 0) is 8.92 Å². The number of halogens is 3. The molecule has 0 aliphatic carbocycles. The highest BCUT2D eigenvalue weighted by molar-refractivity contribution is 7.95. The van der Waals surface area contributed by atoms with Crippen molar-refractivity contribution in [3.63, 3.8) is 0 Å². The van der Waals surface area contributed by atoms with E-state index in [1.165, 1.54) is 11.0 Å². The Kier molecular flexibility index (Phi) is 5.00. The van der Waals surface area contributed by atoms with E-state index >= 15 is 0 Å². The zero-order chi connectivity index (χ0) is 14.7. The molecule has 0 N–H and O–H groups in total. The van der Waals surface area contributed by atoms with Crippen molar-refractivity contribution >= 4 is 18.1 Å². The molecule has 0 aromatic rings. The zero-order valence-electron chi connectivity index (χ0n) is 10.9. The molecule has 0 saturated heterocycles. The predicted molar refractivity (Wildman–Crippen MR) is 65.2 cm³/mol. The third kappa shape index (κ3) is 6.60. The van der Waals surface area contributed by atoms with Crippen molar-refractivity contribution in [2.75, 3.05) is 13.1 Å². The lowest BCUT2D eigenvalue weighted by molar-refractivity contribution is -0.0387. The van der Waals surface area contributed by atoms with Gasteiger partial charge in [-0.25, -0.2) is 4.79 Å². The summed E-state index contributed by atoms with van der Waals surface area (Å²) in [4.78, 5) is 13.1. The minimum absolute atomic E-state index is 0.183. The van der Waals surface area contributed by atoms with E-state index in [1.54, 1.807) is 20.8 Å². The molecule has 4 nitrogen and oxygen atoms in total. The van der Waals surface area contributed by atoms with Gasteiger partial charge in [0.05, 0.1) is 0 Å². The Morgan fingerprint density at radius 3 is 2.42 bits per heavy atom. The quantitative estimate of drug-likeness (QED) is 0.729. The molecule has 1 rings (SSSR count). The number of hydrogen-bond donors (Lipinski definition) is 0. The molecule has 110 valence electrons. The molecule has 1 aliphatic heterocycles. The second-order valence-corrected chi connectivity index (χ2v) is 5.76. The molecule has 0 radical (unpaired) electrons. The molecular formula is C11H16F3NO3S. The van der Waals surface area contributed by atoms with Crippen LogP contribution in [0.15, 0.2) is 11.8 Å². The van der Waals surface area contributed by atoms with Crippen molar-refractivity contribution < 1.29 is 26.9 Å². The summed E-state index contributed by atoms with van der Waals surface area (Å²) in [6.45, 7) is 5.71. The van der Waals surface area contributed by atoms with Crippen molar-refractivity contribution in [1.29, 1.82) is 0 Å². The van der Waals surface area contributed by atoms with Crippen LogP contribution in [0.4, 0.5) is 18.0 Å². The van der Waals surface area contributed by atoms with Crippen LogP contribution in [0.3, 0.4) is 0 Å². The Hall–Kier alpha value is -1.05. The number of nitrogens with zero attached hydrogens (tertiary/aromatic N) is 1. The first-order valence-electron chi connectivity index (χ1n) is 5.66. The fraction of sp³-hybridized carbons (Fsp3) is 0.727. The Balaban J connectivity index is 2.43. The van der Waals surface area contributed by atoms with Gasteiger partial charge in [-0.15, -0.1) is 0 Å². The van der Waals surface area contributed by atoms with Crippen LogP contribution in [-0.4, -0.2) is 35.2 Å². The van der Waals surface area contributed by atoms with Gasteiger partial charge in [-0.05, 0) is 26.8 Å². The number of rotatable bonds is 2. The van der Waals surface area contributed by atoms with Crippen LogP contribution in [0.25, 0.3) is 0 Å². The summed E-state index contributed by atoms with van der Waals surface area (Å²) >= 11 is -0.543. The molecule has 0 aromatic heterocycles. The summed E-state index contributed by atoms with van der Waals surface area (Å²) < 4.78 is 45.5. The summed E-state index contributed by atoms with van der Waals surface area (Å²) in [5, 5.41) is 0. The molecule has 8 heteroatoms. The smallest absolute Gasteiger partial charge is 0.444 e. The SMILES string of the molecule is CC(C)(C)OC(=O)N1CC=C(OSC(F)(F)F)CC1. The highest BCUT2D eigenvalue weighted by Gasteiger charge is 2.32. The maximum atomic E-state index is 11.9. The van der Waals surface area contributed by atoms with Gasteiger partial charge in [-0.2, -0.15) is 13.2 Å². The van der Waals surface area contributed by atoms with Gasteiger partial charge >= 0.3 is 11.6 Å². The van der Waals surface area contributed by atoms with Gasteiger partial charge in [0.2, 0.25) is 0 Å². The van der Waals surface area contributed by atoms with E-state index < -0.39 is 29.2 Å². The van der Waals surface area contributed by atoms with Gasteiger partial charge in [-0.1, -0.05) is 0 Å². The molecule has 0 saturated carbocycles. The van der Waals surface area contributed by atoms with Crippen molar-refractivity contribution in [1.82, 2.24) is 4.90 Å². The van der Waals surface area contributed by atoms with Crippen molar-refractivity contribution in [3.8, 4) is 0 Å². The molecule has 0 unspecified atom stereocenters. The van der Waals surface area contributed by atoms with E-state index in [9.17, 15) is 18.0 Å². The van der Waals surface area contributed by atoms with Crippen LogP contribution in [0.1, 0.15) is 27.2 Å². The van der Waals surface area contributed by atoms with E-state index in [-0.39, 0.29) is 25.3 Å². The van der Waals surface area contributed by atoms with Crippen LogP contribution < -0.4 is 0 Å². The topological polar surface area (TPSA) is 38.8 Å². The van der Waals surface area contributed by atoms with Gasteiger partial charge in [-0.3, -0.25) is 0 Å². The number of hydrogen-bond acceptors (Lipinski definition) is 4. The summed E-state index contributed by atoms with van der Waals surface area (Å²) in [6.07, 6.45) is 1.21. The number of alkyl halides is 3. The first kappa shape index (κ1) is 16.0. The minimum atomic E-state index is -4.43.